The number of carbonyl (C=O) groups excluding carboxylic acids is 2. The van der Waals surface area contributed by atoms with E-state index >= 15 is 0 Å². The third-order valence-electron chi connectivity index (χ3n) is 6.05. The standard InChI is InChI=1S/C27H29ClFN3O6S/c1-18(27(34)30-2)31(16-19-7-5-6-8-23(19)28)26(33)17-32(21-11-9-20(29)10-12-21)39(35,36)22-13-14-24(37-3)25(15-22)38-4/h5-15,18H,16-17H2,1-4H3,(H,30,34)/t18-/m0/s1. The van der Waals surface area contributed by atoms with Crippen LogP contribution in [0.25, 0.3) is 0 Å². The number of amides is 2. The minimum absolute atomic E-state index is 0.0461. The highest BCUT2D eigenvalue weighted by atomic mass is 35.5. The summed E-state index contributed by atoms with van der Waals surface area (Å²) in [6, 6.07) is 14.5. The van der Waals surface area contributed by atoms with Gasteiger partial charge in [0.05, 0.1) is 24.8 Å². The molecule has 0 bridgehead atoms. The van der Waals surface area contributed by atoms with E-state index in [1.165, 1.54) is 63.4 Å². The van der Waals surface area contributed by atoms with Crippen LogP contribution >= 0.6 is 11.6 Å². The zero-order valence-corrected chi connectivity index (χ0v) is 23.4. The van der Waals surface area contributed by atoms with E-state index in [9.17, 15) is 22.4 Å². The van der Waals surface area contributed by atoms with Gasteiger partial charge in [-0.3, -0.25) is 13.9 Å². The van der Waals surface area contributed by atoms with Crippen molar-refractivity contribution >= 4 is 39.1 Å². The van der Waals surface area contributed by atoms with E-state index in [-0.39, 0.29) is 22.9 Å². The van der Waals surface area contributed by atoms with Gasteiger partial charge in [0.25, 0.3) is 10.0 Å². The molecule has 0 aliphatic rings. The Morgan fingerprint density at radius 3 is 2.23 bits per heavy atom. The molecule has 208 valence electrons. The molecule has 0 fully saturated rings. The molecule has 0 spiro atoms. The highest BCUT2D eigenvalue weighted by Gasteiger charge is 2.33. The van der Waals surface area contributed by atoms with Crippen molar-refractivity contribution < 1.29 is 31.9 Å². The summed E-state index contributed by atoms with van der Waals surface area (Å²) in [5.74, 6) is -1.24. The Morgan fingerprint density at radius 1 is 1.00 bits per heavy atom. The lowest BCUT2D eigenvalue weighted by molar-refractivity contribution is -0.139. The number of sulfonamides is 1. The molecule has 0 saturated carbocycles. The van der Waals surface area contributed by atoms with Crippen LogP contribution < -0.4 is 19.1 Å². The van der Waals surface area contributed by atoms with Gasteiger partial charge in [-0.05, 0) is 55.0 Å². The fourth-order valence-electron chi connectivity index (χ4n) is 3.84. The average molecular weight is 578 g/mol. The van der Waals surface area contributed by atoms with Gasteiger partial charge in [-0.1, -0.05) is 29.8 Å². The van der Waals surface area contributed by atoms with E-state index in [2.05, 4.69) is 5.32 Å². The van der Waals surface area contributed by atoms with Crippen LogP contribution in [0.4, 0.5) is 10.1 Å². The zero-order valence-electron chi connectivity index (χ0n) is 21.9. The predicted octanol–water partition coefficient (Wildman–Crippen LogP) is 3.85. The summed E-state index contributed by atoms with van der Waals surface area (Å²) in [4.78, 5) is 27.3. The number of hydrogen-bond acceptors (Lipinski definition) is 6. The molecule has 3 aromatic rings. The van der Waals surface area contributed by atoms with E-state index < -0.39 is 40.2 Å². The second-order valence-electron chi connectivity index (χ2n) is 8.41. The first-order valence-corrected chi connectivity index (χ1v) is 13.6. The van der Waals surface area contributed by atoms with Crippen molar-refractivity contribution in [1.82, 2.24) is 10.2 Å². The molecular formula is C27H29ClFN3O6S. The number of likely N-dealkylation sites (N-methyl/N-ethyl adjacent to an activating group) is 1. The number of rotatable bonds is 11. The van der Waals surface area contributed by atoms with Crippen molar-refractivity contribution in [2.75, 3.05) is 32.1 Å². The Morgan fingerprint density at radius 2 is 1.64 bits per heavy atom. The molecule has 9 nitrogen and oxygen atoms in total. The lowest BCUT2D eigenvalue weighted by atomic mass is 10.1. The molecule has 0 saturated heterocycles. The molecule has 1 N–H and O–H groups in total. The van der Waals surface area contributed by atoms with Crippen molar-refractivity contribution in [1.29, 1.82) is 0 Å². The number of anilines is 1. The van der Waals surface area contributed by atoms with Crippen molar-refractivity contribution in [3.8, 4) is 11.5 Å². The Kier molecular flexibility index (Phi) is 9.76. The summed E-state index contributed by atoms with van der Waals surface area (Å²) in [6.07, 6.45) is 0. The number of hydrogen-bond donors (Lipinski definition) is 1. The van der Waals surface area contributed by atoms with Crippen LogP contribution in [-0.4, -0.2) is 59.0 Å². The van der Waals surface area contributed by atoms with E-state index in [4.69, 9.17) is 21.1 Å². The van der Waals surface area contributed by atoms with Gasteiger partial charge in [-0.15, -0.1) is 0 Å². The monoisotopic (exact) mass is 577 g/mol. The molecular weight excluding hydrogens is 549 g/mol. The second-order valence-corrected chi connectivity index (χ2v) is 10.7. The van der Waals surface area contributed by atoms with Gasteiger partial charge in [-0.2, -0.15) is 0 Å². The van der Waals surface area contributed by atoms with Crippen LogP contribution in [0.5, 0.6) is 11.5 Å². The fourth-order valence-corrected chi connectivity index (χ4v) is 5.47. The van der Waals surface area contributed by atoms with Gasteiger partial charge in [-0.25, -0.2) is 12.8 Å². The van der Waals surface area contributed by atoms with Crippen LogP contribution in [0, 0.1) is 5.82 Å². The molecule has 2 amide bonds. The van der Waals surface area contributed by atoms with Crippen LogP contribution in [0.15, 0.2) is 71.6 Å². The summed E-state index contributed by atoms with van der Waals surface area (Å²) < 4.78 is 52.8. The van der Waals surface area contributed by atoms with Crippen LogP contribution in [0.2, 0.25) is 5.02 Å². The molecule has 3 rings (SSSR count). The number of halogens is 2. The molecule has 12 heteroatoms. The summed E-state index contributed by atoms with van der Waals surface area (Å²) in [7, 11) is -0.174. The number of nitrogens with one attached hydrogen (secondary N) is 1. The number of ether oxygens (including phenoxy) is 2. The molecule has 3 aromatic carbocycles. The highest BCUT2D eigenvalue weighted by molar-refractivity contribution is 7.92. The normalized spacial score (nSPS) is 11.8. The molecule has 0 aliphatic heterocycles. The topological polar surface area (TPSA) is 105 Å². The van der Waals surface area contributed by atoms with E-state index in [1.54, 1.807) is 24.3 Å². The Balaban J connectivity index is 2.08. The van der Waals surface area contributed by atoms with Gasteiger partial charge < -0.3 is 19.7 Å². The Bertz CT molecular complexity index is 1440. The first-order valence-electron chi connectivity index (χ1n) is 11.8. The van der Waals surface area contributed by atoms with Crippen molar-refractivity contribution in [2.24, 2.45) is 0 Å². The molecule has 0 heterocycles. The van der Waals surface area contributed by atoms with Gasteiger partial charge in [0.2, 0.25) is 11.8 Å². The SMILES string of the molecule is CNC(=O)[C@H](C)N(Cc1ccccc1Cl)C(=O)CN(c1ccc(F)cc1)S(=O)(=O)c1ccc(OC)c(OC)c1. The van der Waals surface area contributed by atoms with E-state index in [1.807, 2.05) is 0 Å². The Hall–Kier alpha value is -3.83. The highest BCUT2D eigenvalue weighted by Crippen LogP contribution is 2.32. The largest absolute Gasteiger partial charge is 0.493 e. The van der Waals surface area contributed by atoms with Gasteiger partial charge in [0.1, 0.15) is 18.4 Å². The quantitative estimate of drug-likeness (QED) is 0.371. The first kappa shape index (κ1) is 29.7. The first-order chi connectivity index (χ1) is 18.5. The molecule has 0 radical (unpaired) electrons. The van der Waals surface area contributed by atoms with Crippen molar-refractivity contribution in [3.63, 3.8) is 0 Å². The third kappa shape index (κ3) is 6.79. The minimum Gasteiger partial charge on any atom is -0.493 e. The second kappa shape index (κ2) is 12.8. The number of nitrogens with zero attached hydrogens (tertiary/aromatic N) is 2. The fraction of sp³-hybridized carbons (Fsp3) is 0.259. The summed E-state index contributed by atoms with van der Waals surface area (Å²) >= 11 is 6.31. The maximum atomic E-state index is 13.9. The van der Waals surface area contributed by atoms with Crippen LogP contribution in [0.3, 0.4) is 0 Å². The van der Waals surface area contributed by atoms with Crippen molar-refractivity contribution in [2.45, 2.75) is 24.4 Å². The third-order valence-corrected chi connectivity index (χ3v) is 8.19. The van der Waals surface area contributed by atoms with Gasteiger partial charge >= 0.3 is 0 Å². The van der Waals surface area contributed by atoms with Gasteiger partial charge in [0, 0.05) is 24.7 Å². The number of methoxy groups -OCH3 is 2. The molecule has 0 aliphatic carbocycles. The van der Waals surface area contributed by atoms with Crippen LogP contribution in [0.1, 0.15) is 12.5 Å². The summed E-state index contributed by atoms with van der Waals surface area (Å²) in [5, 5.41) is 2.89. The van der Waals surface area contributed by atoms with Crippen molar-refractivity contribution in [3.05, 3.63) is 83.1 Å². The van der Waals surface area contributed by atoms with E-state index in [0.717, 1.165) is 16.4 Å². The average Bonchev–Trinajstić information content (AvgIpc) is 2.94. The zero-order chi connectivity index (χ0) is 28.7. The molecule has 1 atom stereocenters. The summed E-state index contributed by atoms with van der Waals surface area (Å²) in [6.45, 7) is 0.785. The van der Waals surface area contributed by atoms with Crippen LogP contribution in [-0.2, 0) is 26.2 Å². The minimum atomic E-state index is -4.38. The molecule has 0 unspecified atom stereocenters. The van der Waals surface area contributed by atoms with E-state index in [0.29, 0.717) is 16.3 Å². The lowest BCUT2D eigenvalue weighted by Gasteiger charge is -2.32. The number of carbonyl (C=O) groups is 2. The Labute approximate surface area is 232 Å². The summed E-state index contributed by atoms with van der Waals surface area (Å²) in [5.41, 5.74) is 0.615. The number of benzene rings is 3. The maximum Gasteiger partial charge on any atom is 0.264 e. The predicted molar refractivity (Wildman–Crippen MR) is 146 cm³/mol. The lowest BCUT2D eigenvalue weighted by Crippen LogP contribution is -2.50. The van der Waals surface area contributed by atoms with Gasteiger partial charge in [0.15, 0.2) is 11.5 Å². The smallest absolute Gasteiger partial charge is 0.264 e. The molecule has 0 aromatic heterocycles. The molecule has 39 heavy (non-hydrogen) atoms. The maximum absolute atomic E-state index is 13.9.